The molecule has 0 saturated carbocycles. The Hall–Kier alpha value is -2.36. The third-order valence-electron chi connectivity index (χ3n) is 4.53. The van der Waals surface area contributed by atoms with Crippen LogP contribution in [-0.4, -0.2) is 54.9 Å². The van der Waals surface area contributed by atoms with Crippen molar-refractivity contribution in [3.8, 4) is 11.4 Å². The molecule has 0 radical (unpaired) electrons. The predicted molar refractivity (Wildman–Crippen MR) is 127 cm³/mol. The molecule has 1 fully saturated rings. The lowest BCUT2D eigenvalue weighted by Gasteiger charge is -2.29. The lowest BCUT2D eigenvalue weighted by atomic mass is 10.2. The fourth-order valence-electron chi connectivity index (χ4n) is 3.10. The Balaban J connectivity index is 0.000000858. The highest BCUT2D eigenvalue weighted by atomic mass is 35.5. The van der Waals surface area contributed by atoms with Gasteiger partial charge in [0.15, 0.2) is 5.82 Å². The molecule has 1 aromatic heterocycles. The van der Waals surface area contributed by atoms with Gasteiger partial charge in [-0.25, -0.2) is 14.9 Å². The van der Waals surface area contributed by atoms with Gasteiger partial charge < -0.3 is 15.0 Å². The number of nitrogens with zero attached hydrogens (tertiary/aromatic N) is 3. The van der Waals surface area contributed by atoms with E-state index >= 15 is 0 Å². The summed E-state index contributed by atoms with van der Waals surface area (Å²) >= 11 is 8.07. The first-order chi connectivity index (χ1) is 15.2. The van der Waals surface area contributed by atoms with Crippen LogP contribution < -0.4 is 10.2 Å². The fourth-order valence-corrected chi connectivity index (χ4v) is 4.06. The first-order valence-corrected chi connectivity index (χ1v) is 11.3. The van der Waals surface area contributed by atoms with Crippen LogP contribution >= 0.6 is 23.4 Å². The zero-order chi connectivity index (χ0) is 22.1. The molecular weight excluding hydrogens is 436 g/mol. The summed E-state index contributed by atoms with van der Waals surface area (Å²) in [5.41, 5.74) is 2.99. The van der Waals surface area contributed by atoms with Crippen molar-refractivity contribution in [2.75, 3.05) is 49.9 Å². The van der Waals surface area contributed by atoms with Gasteiger partial charge in [0, 0.05) is 30.0 Å². The quantitative estimate of drug-likeness (QED) is 0.232. The predicted octanol–water partition coefficient (Wildman–Crippen LogP) is 5.20. The summed E-state index contributed by atoms with van der Waals surface area (Å²) in [5, 5.41) is 10.9. The van der Waals surface area contributed by atoms with Crippen molar-refractivity contribution >= 4 is 40.6 Å². The second kappa shape index (κ2) is 11.9. The minimum atomic E-state index is 0.491. The highest BCUT2D eigenvalue weighted by Crippen LogP contribution is 2.35. The molecule has 1 saturated heterocycles. The van der Waals surface area contributed by atoms with Crippen LogP contribution in [0.1, 0.15) is 0 Å². The number of hydrogen-bond acceptors (Lipinski definition) is 8. The van der Waals surface area contributed by atoms with Gasteiger partial charge in [-0.1, -0.05) is 29.8 Å². The van der Waals surface area contributed by atoms with E-state index in [-0.39, 0.29) is 0 Å². The molecule has 1 aliphatic heterocycles. The third kappa shape index (κ3) is 6.32. The number of hydrogen-bond donors (Lipinski definition) is 2. The summed E-state index contributed by atoms with van der Waals surface area (Å²) in [4.78, 5) is 15.8. The zero-order valence-corrected chi connectivity index (χ0v) is 19.0. The van der Waals surface area contributed by atoms with Gasteiger partial charge in [0.2, 0.25) is 0 Å². The molecule has 164 valence electrons. The van der Waals surface area contributed by atoms with E-state index in [4.69, 9.17) is 26.6 Å². The standard InChI is InChI=1S/C21H21ClN4OS.CH4O2/c1-28-18-19(22)24-20(25-21(18)26-11-13-27-14-12-26)15-7-9-17(10-8-15)23-16-5-3-2-4-6-16;1-3-2/h2-10,23H,11-14H2,1H3;2H,1H3. The molecule has 2 heterocycles. The Labute approximate surface area is 191 Å². The van der Waals surface area contributed by atoms with Crippen LogP contribution in [0, 0.1) is 0 Å². The van der Waals surface area contributed by atoms with Crippen LogP contribution in [0.3, 0.4) is 0 Å². The average Bonchev–Trinajstić information content (AvgIpc) is 2.81. The Bertz CT molecular complexity index is 955. The Morgan fingerprint density at radius 3 is 2.26 bits per heavy atom. The Kier molecular flexibility index (Phi) is 8.93. The lowest BCUT2D eigenvalue weighted by molar-refractivity contribution is -0.214. The molecule has 0 bridgehead atoms. The van der Waals surface area contributed by atoms with E-state index < -0.39 is 0 Å². The summed E-state index contributed by atoms with van der Waals surface area (Å²) in [7, 11) is 1.18. The number of aromatic nitrogens is 2. The minimum Gasteiger partial charge on any atom is -0.378 e. The van der Waals surface area contributed by atoms with Gasteiger partial charge in [-0.3, -0.25) is 5.26 Å². The molecule has 0 aliphatic carbocycles. The van der Waals surface area contributed by atoms with E-state index in [0.29, 0.717) is 24.2 Å². The monoisotopic (exact) mass is 460 g/mol. The number of halogens is 1. The molecule has 3 aromatic rings. The van der Waals surface area contributed by atoms with Crippen LogP contribution in [0.25, 0.3) is 11.4 Å². The molecule has 0 unspecified atom stereocenters. The van der Waals surface area contributed by atoms with Gasteiger partial charge in [0.05, 0.1) is 25.2 Å². The molecule has 0 atom stereocenters. The van der Waals surface area contributed by atoms with Gasteiger partial charge in [-0.15, -0.1) is 11.8 Å². The van der Waals surface area contributed by atoms with E-state index in [1.54, 1.807) is 11.8 Å². The number of rotatable bonds is 5. The molecule has 1 aliphatic rings. The smallest absolute Gasteiger partial charge is 0.163 e. The highest BCUT2D eigenvalue weighted by molar-refractivity contribution is 7.98. The van der Waals surface area contributed by atoms with Gasteiger partial charge >= 0.3 is 0 Å². The molecule has 2 N–H and O–H groups in total. The fraction of sp³-hybridized carbons (Fsp3) is 0.273. The lowest BCUT2D eigenvalue weighted by Crippen LogP contribution is -2.37. The van der Waals surface area contributed by atoms with Crippen molar-refractivity contribution in [1.29, 1.82) is 0 Å². The average molecular weight is 461 g/mol. The van der Waals surface area contributed by atoms with E-state index in [2.05, 4.69) is 20.1 Å². The second-order valence-corrected chi connectivity index (χ2v) is 7.72. The maximum Gasteiger partial charge on any atom is 0.163 e. The van der Waals surface area contributed by atoms with E-state index in [9.17, 15) is 0 Å². The van der Waals surface area contributed by atoms with E-state index in [0.717, 1.165) is 40.7 Å². The van der Waals surface area contributed by atoms with Crippen molar-refractivity contribution in [2.24, 2.45) is 0 Å². The summed E-state index contributed by atoms with van der Waals surface area (Å²) < 4.78 is 5.47. The Morgan fingerprint density at radius 2 is 1.65 bits per heavy atom. The van der Waals surface area contributed by atoms with E-state index in [1.165, 1.54) is 7.11 Å². The SMILES string of the molecule is COO.CSc1c(Cl)nc(-c2ccc(Nc3ccccc3)cc2)nc1N1CCOCC1. The van der Waals surface area contributed by atoms with Crippen molar-refractivity contribution < 1.29 is 14.9 Å². The zero-order valence-electron chi connectivity index (χ0n) is 17.4. The molecular formula is C22H25ClN4O3S. The molecule has 2 aromatic carbocycles. The normalized spacial score (nSPS) is 13.4. The topological polar surface area (TPSA) is 79.7 Å². The van der Waals surface area contributed by atoms with Crippen molar-refractivity contribution in [1.82, 2.24) is 9.97 Å². The van der Waals surface area contributed by atoms with Crippen LogP contribution in [0.5, 0.6) is 0 Å². The van der Waals surface area contributed by atoms with Gasteiger partial charge in [0.1, 0.15) is 11.0 Å². The molecule has 31 heavy (non-hydrogen) atoms. The number of ether oxygens (including phenoxy) is 1. The summed E-state index contributed by atoms with van der Waals surface area (Å²) in [6.07, 6.45) is 2.00. The number of benzene rings is 2. The Morgan fingerprint density at radius 1 is 1.03 bits per heavy atom. The van der Waals surface area contributed by atoms with Gasteiger partial charge in [0.25, 0.3) is 0 Å². The number of nitrogens with one attached hydrogen (secondary N) is 1. The molecule has 7 nitrogen and oxygen atoms in total. The largest absolute Gasteiger partial charge is 0.378 e. The molecule has 0 spiro atoms. The first kappa shape index (κ1) is 23.3. The van der Waals surface area contributed by atoms with Crippen molar-refractivity contribution in [3.05, 3.63) is 59.8 Å². The second-order valence-electron chi connectivity index (χ2n) is 6.55. The molecule has 4 rings (SSSR count). The van der Waals surface area contributed by atoms with Crippen LogP contribution in [0.4, 0.5) is 17.2 Å². The third-order valence-corrected chi connectivity index (χ3v) is 5.70. The molecule has 0 amide bonds. The van der Waals surface area contributed by atoms with Crippen molar-refractivity contribution in [3.63, 3.8) is 0 Å². The van der Waals surface area contributed by atoms with Crippen molar-refractivity contribution in [2.45, 2.75) is 4.90 Å². The maximum absolute atomic E-state index is 7.07. The number of thioether (sulfide) groups is 1. The number of morpholine rings is 1. The van der Waals surface area contributed by atoms with Crippen LogP contribution in [-0.2, 0) is 9.62 Å². The number of para-hydroxylation sites is 1. The summed E-state index contributed by atoms with van der Waals surface area (Å²) in [6.45, 7) is 3.01. The highest BCUT2D eigenvalue weighted by Gasteiger charge is 2.21. The maximum atomic E-state index is 7.07. The molecule has 9 heteroatoms. The minimum absolute atomic E-state index is 0.491. The van der Waals surface area contributed by atoms with Gasteiger partial charge in [-0.2, -0.15) is 0 Å². The summed E-state index contributed by atoms with van der Waals surface area (Å²) in [5.74, 6) is 1.52. The summed E-state index contributed by atoms with van der Waals surface area (Å²) in [6, 6.07) is 18.2. The van der Waals surface area contributed by atoms with E-state index in [1.807, 2.05) is 60.9 Å². The van der Waals surface area contributed by atoms with Crippen LogP contribution in [0.2, 0.25) is 5.15 Å². The van der Waals surface area contributed by atoms with Gasteiger partial charge in [-0.05, 0) is 42.7 Å². The first-order valence-electron chi connectivity index (χ1n) is 9.70. The number of anilines is 3. The van der Waals surface area contributed by atoms with Crippen LogP contribution in [0.15, 0.2) is 59.5 Å².